The zero-order valence-electron chi connectivity index (χ0n) is 21.5. The molecule has 4 rings (SSSR count). The fraction of sp³-hybridized carbons (Fsp3) is 0.321. The predicted molar refractivity (Wildman–Crippen MR) is 144 cm³/mol. The van der Waals surface area contributed by atoms with E-state index >= 15 is 0 Å². The number of anilines is 1. The molecule has 1 aliphatic heterocycles. The van der Waals surface area contributed by atoms with Crippen LogP contribution in [0.3, 0.4) is 0 Å². The summed E-state index contributed by atoms with van der Waals surface area (Å²) in [5.41, 5.74) is 2.38. The van der Waals surface area contributed by atoms with Crippen molar-refractivity contribution in [3.8, 4) is 11.5 Å². The van der Waals surface area contributed by atoms with Crippen LogP contribution in [0.1, 0.15) is 11.1 Å². The summed E-state index contributed by atoms with van der Waals surface area (Å²) in [6.07, 6.45) is 0. The fourth-order valence-corrected chi connectivity index (χ4v) is 6.05. The molecule has 1 saturated heterocycles. The fourth-order valence-electron chi connectivity index (χ4n) is 4.39. The monoisotopic (exact) mass is 523 g/mol. The molecule has 196 valence electrons. The van der Waals surface area contributed by atoms with E-state index in [4.69, 9.17) is 9.47 Å². The van der Waals surface area contributed by atoms with E-state index < -0.39 is 10.0 Å². The van der Waals surface area contributed by atoms with Crippen molar-refractivity contribution in [3.63, 3.8) is 0 Å². The van der Waals surface area contributed by atoms with Gasteiger partial charge in [0.25, 0.3) is 10.0 Å². The highest BCUT2D eigenvalue weighted by molar-refractivity contribution is 7.93. The van der Waals surface area contributed by atoms with Crippen LogP contribution in [0.5, 0.6) is 11.5 Å². The molecule has 1 aliphatic rings. The molecule has 0 atom stereocenters. The minimum atomic E-state index is -4.11. The van der Waals surface area contributed by atoms with Crippen molar-refractivity contribution in [3.05, 3.63) is 83.9 Å². The second-order valence-electron chi connectivity index (χ2n) is 9.01. The van der Waals surface area contributed by atoms with Crippen molar-refractivity contribution in [1.29, 1.82) is 0 Å². The molecule has 0 unspecified atom stereocenters. The number of hydrogen-bond acceptors (Lipinski definition) is 6. The van der Waals surface area contributed by atoms with Gasteiger partial charge in [0.2, 0.25) is 5.91 Å². The minimum Gasteiger partial charge on any atom is -0.497 e. The first-order valence-electron chi connectivity index (χ1n) is 12.2. The maximum atomic E-state index is 13.9. The summed E-state index contributed by atoms with van der Waals surface area (Å²) in [6.45, 7) is 4.85. The molecule has 1 fully saturated rings. The minimum absolute atomic E-state index is 0.0197. The Morgan fingerprint density at radius 2 is 1.57 bits per heavy atom. The average Bonchev–Trinajstić information content (AvgIpc) is 2.92. The van der Waals surface area contributed by atoms with Gasteiger partial charge >= 0.3 is 0 Å². The molecule has 0 saturated carbocycles. The number of carbonyl (C=O) groups is 1. The van der Waals surface area contributed by atoms with Gasteiger partial charge in [-0.15, -0.1) is 0 Å². The molecule has 0 bridgehead atoms. The van der Waals surface area contributed by atoms with Gasteiger partial charge < -0.3 is 14.4 Å². The zero-order valence-corrected chi connectivity index (χ0v) is 22.3. The van der Waals surface area contributed by atoms with Gasteiger partial charge in [-0.2, -0.15) is 0 Å². The number of nitrogens with zero attached hydrogens (tertiary/aromatic N) is 3. The Hall–Kier alpha value is -3.56. The molecular formula is C28H33N3O5S. The lowest BCUT2D eigenvalue weighted by molar-refractivity contribution is -0.131. The number of aryl methyl sites for hydroxylation is 1. The number of carbonyl (C=O) groups excluding carboxylic acids is 1. The summed E-state index contributed by atoms with van der Waals surface area (Å²) in [4.78, 5) is 17.5. The van der Waals surface area contributed by atoms with Gasteiger partial charge in [-0.05, 0) is 54.4 Å². The van der Waals surface area contributed by atoms with E-state index in [2.05, 4.69) is 17.0 Å². The third kappa shape index (κ3) is 6.23. The van der Waals surface area contributed by atoms with Crippen LogP contribution in [0.4, 0.5) is 5.69 Å². The topological polar surface area (TPSA) is 79.4 Å². The number of rotatable bonds is 9. The highest BCUT2D eigenvalue weighted by atomic mass is 32.2. The average molecular weight is 524 g/mol. The number of ether oxygens (including phenoxy) is 2. The number of sulfonamides is 1. The van der Waals surface area contributed by atoms with Crippen LogP contribution in [-0.4, -0.2) is 71.1 Å². The molecule has 1 amide bonds. The van der Waals surface area contributed by atoms with Crippen molar-refractivity contribution in [2.24, 2.45) is 0 Å². The molecule has 0 spiro atoms. The van der Waals surface area contributed by atoms with E-state index in [0.717, 1.165) is 29.5 Å². The van der Waals surface area contributed by atoms with Crippen molar-refractivity contribution in [2.45, 2.75) is 18.4 Å². The van der Waals surface area contributed by atoms with E-state index in [1.165, 1.54) is 12.7 Å². The van der Waals surface area contributed by atoms with Gasteiger partial charge in [-0.25, -0.2) is 8.42 Å². The van der Waals surface area contributed by atoms with Crippen LogP contribution in [-0.2, 0) is 21.4 Å². The van der Waals surface area contributed by atoms with Crippen LogP contribution in [0.2, 0.25) is 0 Å². The molecular weight excluding hydrogens is 490 g/mol. The van der Waals surface area contributed by atoms with Gasteiger partial charge in [0.05, 0.1) is 19.9 Å². The van der Waals surface area contributed by atoms with Gasteiger partial charge in [0, 0.05) is 32.7 Å². The van der Waals surface area contributed by atoms with Crippen LogP contribution < -0.4 is 13.8 Å². The van der Waals surface area contributed by atoms with Crippen LogP contribution in [0.25, 0.3) is 0 Å². The number of benzene rings is 3. The van der Waals surface area contributed by atoms with Gasteiger partial charge in [-0.1, -0.05) is 36.4 Å². The quantitative estimate of drug-likeness (QED) is 0.427. The van der Waals surface area contributed by atoms with Crippen LogP contribution in [0.15, 0.2) is 77.7 Å². The molecule has 0 N–H and O–H groups in total. The number of hydrogen-bond donors (Lipinski definition) is 0. The summed E-state index contributed by atoms with van der Waals surface area (Å²) in [5.74, 6) is 0.576. The maximum Gasteiger partial charge on any atom is 0.268 e. The molecule has 0 aromatic heterocycles. The summed E-state index contributed by atoms with van der Waals surface area (Å²) < 4.78 is 39.6. The standard InChI is InChI=1S/C28H33N3O5S/c1-22-9-14-26(36-3)27(19-22)37(33,34)31(24-10-12-25(35-2)13-11-24)21-28(32)30-17-15-29(16-18-30)20-23-7-5-4-6-8-23/h4-14,19H,15-18,20-21H2,1-3H3. The summed E-state index contributed by atoms with van der Waals surface area (Å²) in [6, 6.07) is 21.8. The Morgan fingerprint density at radius 1 is 0.892 bits per heavy atom. The number of amides is 1. The van der Waals surface area contributed by atoms with Crippen molar-refractivity contribution < 1.29 is 22.7 Å². The van der Waals surface area contributed by atoms with Gasteiger partial charge in [0.15, 0.2) is 0 Å². The van der Waals surface area contributed by atoms with Gasteiger partial charge in [0.1, 0.15) is 22.9 Å². The van der Waals surface area contributed by atoms with E-state index in [-0.39, 0.29) is 23.1 Å². The van der Waals surface area contributed by atoms with E-state index in [9.17, 15) is 13.2 Å². The third-order valence-corrected chi connectivity index (χ3v) is 8.30. The molecule has 0 aliphatic carbocycles. The first-order valence-corrected chi connectivity index (χ1v) is 13.6. The van der Waals surface area contributed by atoms with E-state index in [1.807, 2.05) is 25.1 Å². The van der Waals surface area contributed by atoms with Crippen molar-refractivity contribution in [1.82, 2.24) is 9.80 Å². The third-order valence-electron chi connectivity index (χ3n) is 6.50. The SMILES string of the molecule is COc1ccc(N(CC(=O)N2CCN(Cc3ccccc3)CC2)S(=O)(=O)c2cc(C)ccc2OC)cc1. The smallest absolute Gasteiger partial charge is 0.268 e. The number of piperazine rings is 1. The lowest BCUT2D eigenvalue weighted by Crippen LogP contribution is -2.51. The Balaban J connectivity index is 1.55. The van der Waals surface area contributed by atoms with Crippen LogP contribution in [0, 0.1) is 6.92 Å². The zero-order chi connectivity index (χ0) is 26.4. The second kappa shape index (κ2) is 11.7. The molecule has 9 heteroatoms. The molecule has 3 aromatic carbocycles. The Kier molecular flexibility index (Phi) is 8.35. The highest BCUT2D eigenvalue weighted by Gasteiger charge is 2.32. The molecule has 0 radical (unpaired) electrons. The van der Waals surface area contributed by atoms with E-state index in [0.29, 0.717) is 24.5 Å². The Morgan fingerprint density at radius 3 is 2.19 bits per heavy atom. The largest absolute Gasteiger partial charge is 0.497 e. The van der Waals surface area contributed by atoms with Gasteiger partial charge in [-0.3, -0.25) is 14.0 Å². The first kappa shape index (κ1) is 26.5. The molecule has 8 nitrogen and oxygen atoms in total. The molecule has 1 heterocycles. The Bertz CT molecular complexity index is 1310. The lowest BCUT2D eigenvalue weighted by atomic mass is 10.2. The summed E-state index contributed by atoms with van der Waals surface area (Å²) in [7, 11) is -1.14. The van der Waals surface area contributed by atoms with Crippen LogP contribution >= 0.6 is 0 Å². The summed E-state index contributed by atoms with van der Waals surface area (Å²) in [5, 5.41) is 0. The first-order chi connectivity index (χ1) is 17.8. The number of methoxy groups -OCH3 is 2. The van der Waals surface area contributed by atoms with Crippen molar-refractivity contribution >= 4 is 21.6 Å². The Labute approximate surface area is 219 Å². The predicted octanol–water partition coefficient (Wildman–Crippen LogP) is 3.55. The maximum absolute atomic E-state index is 13.9. The molecule has 37 heavy (non-hydrogen) atoms. The normalized spacial score (nSPS) is 14.3. The summed E-state index contributed by atoms with van der Waals surface area (Å²) >= 11 is 0. The van der Waals surface area contributed by atoms with Crippen molar-refractivity contribution in [2.75, 3.05) is 51.2 Å². The highest BCUT2D eigenvalue weighted by Crippen LogP contribution is 2.31. The van der Waals surface area contributed by atoms with E-state index in [1.54, 1.807) is 54.5 Å². The second-order valence-corrected chi connectivity index (χ2v) is 10.8. The molecule has 3 aromatic rings. The lowest BCUT2D eigenvalue weighted by Gasteiger charge is -2.36.